The summed E-state index contributed by atoms with van der Waals surface area (Å²) in [5.41, 5.74) is 0. The largest absolute Gasteiger partial charge is 0.311 e. The quantitative estimate of drug-likeness (QED) is 0.854. The summed E-state index contributed by atoms with van der Waals surface area (Å²) in [4.78, 5) is 5.21. The lowest BCUT2D eigenvalue weighted by atomic mass is 9.93. The summed E-state index contributed by atoms with van der Waals surface area (Å²) in [6.07, 6.45) is 8.16. The standard InChI is InChI=1S/C17H35N3/c1-4-17-9-14-20(12-5-15(2)18-17)13-8-16-6-10-19(3)11-7-16/h15-18H,4-14H2,1-3H3. The van der Waals surface area contributed by atoms with Gasteiger partial charge >= 0.3 is 0 Å². The highest BCUT2D eigenvalue weighted by Gasteiger charge is 2.20. The van der Waals surface area contributed by atoms with Gasteiger partial charge in [-0.1, -0.05) is 6.92 Å². The molecule has 0 aliphatic carbocycles. The maximum Gasteiger partial charge on any atom is 0.00790 e. The number of rotatable bonds is 4. The van der Waals surface area contributed by atoms with Gasteiger partial charge < -0.3 is 15.1 Å². The van der Waals surface area contributed by atoms with Crippen molar-refractivity contribution in [2.24, 2.45) is 5.92 Å². The molecule has 3 nitrogen and oxygen atoms in total. The Labute approximate surface area is 126 Å². The maximum absolute atomic E-state index is 3.77. The minimum absolute atomic E-state index is 0.686. The van der Waals surface area contributed by atoms with Crippen molar-refractivity contribution in [3.8, 4) is 0 Å². The van der Waals surface area contributed by atoms with Gasteiger partial charge in [-0.25, -0.2) is 0 Å². The van der Waals surface area contributed by atoms with E-state index in [1.165, 1.54) is 71.2 Å². The Morgan fingerprint density at radius 3 is 2.40 bits per heavy atom. The first kappa shape index (κ1) is 16.3. The molecular weight excluding hydrogens is 246 g/mol. The van der Waals surface area contributed by atoms with Crippen molar-refractivity contribution in [2.75, 3.05) is 39.8 Å². The number of likely N-dealkylation sites (tertiary alicyclic amines) is 1. The van der Waals surface area contributed by atoms with Gasteiger partial charge in [0.1, 0.15) is 0 Å². The second kappa shape index (κ2) is 8.35. The number of nitrogens with one attached hydrogen (secondary N) is 1. The van der Waals surface area contributed by atoms with Crippen LogP contribution in [0.15, 0.2) is 0 Å². The van der Waals surface area contributed by atoms with E-state index in [-0.39, 0.29) is 0 Å². The van der Waals surface area contributed by atoms with Gasteiger partial charge in [0.25, 0.3) is 0 Å². The maximum atomic E-state index is 3.77. The van der Waals surface area contributed by atoms with E-state index in [9.17, 15) is 0 Å². The van der Waals surface area contributed by atoms with Crippen LogP contribution in [0.3, 0.4) is 0 Å². The van der Waals surface area contributed by atoms with Gasteiger partial charge in [-0.2, -0.15) is 0 Å². The molecule has 2 heterocycles. The van der Waals surface area contributed by atoms with Crippen molar-refractivity contribution >= 4 is 0 Å². The van der Waals surface area contributed by atoms with Gasteiger partial charge in [0.15, 0.2) is 0 Å². The Bertz CT molecular complexity index is 261. The van der Waals surface area contributed by atoms with E-state index in [1.807, 2.05) is 0 Å². The van der Waals surface area contributed by atoms with E-state index >= 15 is 0 Å². The van der Waals surface area contributed by atoms with Gasteiger partial charge in [-0.3, -0.25) is 0 Å². The van der Waals surface area contributed by atoms with Crippen LogP contribution in [0.2, 0.25) is 0 Å². The Morgan fingerprint density at radius 1 is 1.00 bits per heavy atom. The smallest absolute Gasteiger partial charge is 0.00790 e. The van der Waals surface area contributed by atoms with E-state index in [0.717, 1.165) is 12.0 Å². The zero-order valence-electron chi connectivity index (χ0n) is 13.9. The summed E-state index contributed by atoms with van der Waals surface area (Å²) in [7, 11) is 2.26. The van der Waals surface area contributed by atoms with Crippen LogP contribution in [-0.4, -0.2) is 61.7 Å². The lowest BCUT2D eigenvalue weighted by molar-refractivity contribution is 0.170. The summed E-state index contributed by atoms with van der Waals surface area (Å²) in [6.45, 7) is 11.2. The topological polar surface area (TPSA) is 18.5 Å². The first-order valence-corrected chi connectivity index (χ1v) is 8.84. The van der Waals surface area contributed by atoms with Crippen molar-refractivity contribution < 1.29 is 0 Å². The predicted octanol–water partition coefficient (Wildman–Crippen LogP) is 2.57. The van der Waals surface area contributed by atoms with Crippen LogP contribution in [0, 0.1) is 5.92 Å². The third-order valence-corrected chi connectivity index (χ3v) is 5.38. The zero-order valence-corrected chi connectivity index (χ0v) is 13.9. The molecule has 0 aromatic carbocycles. The predicted molar refractivity (Wildman–Crippen MR) is 87.2 cm³/mol. The molecule has 0 aromatic heterocycles. The summed E-state index contributed by atoms with van der Waals surface area (Å²) in [6, 6.07) is 1.42. The Balaban J connectivity index is 1.71. The highest BCUT2D eigenvalue weighted by molar-refractivity contribution is 4.78. The van der Waals surface area contributed by atoms with Crippen LogP contribution in [0.5, 0.6) is 0 Å². The van der Waals surface area contributed by atoms with E-state index in [1.54, 1.807) is 0 Å². The van der Waals surface area contributed by atoms with Gasteiger partial charge in [0.05, 0.1) is 0 Å². The molecule has 0 radical (unpaired) electrons. The molecule has 2 unspecified atom stereocenters. The van der Waals surface area contributed by atoms with Crippen LogP contribution in [-0.2, 0) is 0 Å². The molecule has 0 saturated carbocycles. The third-order valence-electron chi connectivity index (χ3n) is 5.38. The van der Waals surface area contributed by atoms with Crippen molar-refractivity contribution in [3.63, 3.8) is 0 Å². The summed E-state index contributed by atoms with van der Waals surface area (Å²) in [5.74, 6) is 0.981. The zero-order chi connectivity index (χ0) is 14.4. The van der Waals surface area contributed by atoms with Crippen molar-refractivity contribution in [1.82, 2.24) is 15.1 Å². The molecule has 2 saturated heterocycles. The summed E-state index contributed by atoms with van der Waals surface area (Å²) >= 11 is 0. The highest BCUT2D eigenvalue weighted by atomic mass is 15.1. The first-order chi connectivity index (χ1) is 9.67. The number of piperidine rings is 1. The van der Waals surface area contributed by atoms with E-state index in [2.05, 4.69) is 36.0 Å². The number of hydrogen-bond acceptors (Lipinski definition) is 3. The van der Waals surface area contributed by atoms with Crippen molar-refractivity contribution in [3.05, 3.63) is 0 Å². The molecule has 1 N–H and O–H groups in total. The molecule has 2 fully saturated rings. The second-order valence-electron chi connectivity index (χ2n) is 7.13. The monoisotopic (exact) mass is 281 g/mol. The van der Waals surface area contributed by atoms with Crippen LogP contribution in [0.25, 0.3) is 0 Å². The molecule has 20 heavy (non-hydrogen) atoms. The minimum Gasteiger partial charge on any atom is -0.311 e. The fourth-order valence-electron chi connectivity index (χ4n) is 3.66. The molecule has 2 atom stereocenters. The molecule has 0 bridgehead atoms. The van der Waals surface area contributed by atoms with Crippen molar-refractivity contribution in [1.29, 1.82) is 0 Å². The lowest BCUT2D eigenvalue weighted by Crippen LogP contribution is -2.44. The molecule has 2 aliphatic heterocycles. The second-order valence-corrected chi connectivity index (χ2v) is 7.13. The number of nitrogens with zero attached hydrogens (tertiary/aromatic N) is 2. The molecule has 3 heteroatoms. The molecular formula is C17H35N3. The van der Waals surface area contributed by atoms with Gasteiger partial charge in [-0.15, -0.1) is 0 Å². The Hall–Kier alpha value is -0.120. The molecule has 118 valence electrons. The molecule has 0 spiro atoms. The van der Waals surface area contributed by atoms with Crippen LogP contribution in [0.4, 0.5) is 0 Å². The average molecular weight is 281 g/mol. The fraction of sp³-hybridized carbons (Fsp3) is 1.00. The summed E-state index contributed by atoms with van der Waals surface area (Å²) < 4.78 is 0. The summed E-state index contributed by atoms with van der Waals surface area (Å²) in [5, 5.41) is 3.77. The van der Waals surface area contributed by atoms with E-state index in [4.69, 9.17) is 0 Å². The van der Waals surface area contributed by atoms with Gasteiger partial charge in [0, 0.05) is 12.1 Å². The van der Waals surface area contributed by atoms with Crippen LogP contribution >= 0.6 is 0 Å². The molecule has 2 aliphatic rings. The van der Waals surface area contributed by atoms with Gasteiger partial charge in [-0.05, 0) is 91.1 Å². The Kier molecular flexibility index (Phi) is 6.79. The van der Waals surface area contributed by atoms with Crippen LogP contribution in [0.1, 0.15) is 52.4 Å². The SMILES string of the molecule is CCC1CCN(CCC2CCN(C)CC2)CCC(C)N1. The third kappa shape index (κ3) is 5.34. The van der Waals surface area contributed by atoms with Crippen molar-refractivity contribution in [2.45, 2.75) is 64.5 Å². The minimum atomic E-state index is 0.686. The first-order valence-electron chi connectivity index (χ1n) is 8.84. The number of hydrogen-bond donors (Lipinski definition) is 1. The van der Waals surface area contributed by atoms with E-state index < -0.39 is 0 Å². The lowest BCUT2D eigenvalue weighted by Gasteiger charge is -2.34. The average Bonchev–Trinajstić information content (AvgIpc) is 2.44. The fourth-order valence-corrected chi connectivity index (χ4v) is 3.66. The highest BCUT2D eigenvalue weighted by Crippen LogP contribution is 2.20. The van der Waals surface area contributed by atoms with Crippen LogP contribution < -0.4 is 5.32 Å². The molecule has 2 rings (SSSR count). The van der Waals surface area contributed by atoms with E-state index in [0.29, 0.717) is 6.04 Å². The normalized spacial score (nSPS) is 31.9. The molecule has 0 amide bonds. The molecule has 0 aromatic rings. The Morgan fingerprint density at radius 2 is 1.70 bits per heavy atom. The van der Waals surface area contributed by atoms with Gasteiger partial charge in [0.2, 0.25) is 0 Å².